The highest BCUT2D eigenvalue weighted by Crippen LogP contribution is 2.49. The summed E-state index contributed by atoms with van der Waals surface area (Å²) in [4.78, 5) is 25.5. The molecule has 2 atom stereocenters. The highest BCUT2D eigenvalue weighted by Gasteiger charge is 2.43. The first-order chi connectivity index (χ1) is 14.6. The van der Waals surface area contributed by atoms with Crippen LogP contribution in [-0.2, 0) is 19.1 Å². The number of ether oxygens (including phenoxy) is 6. The molecule has 0 saturated carbocycles. The van der Waals surface area contributed by atoms with Gasteiger partial charge in [0.05, 0.1) is 25.7 Å². The second-order valence-electron chi connectivity index (χ2n) is 7.02. The smallest absolute Gasteiger partial charge is 0.334 e. The van der Waals surface area contributed by atoms with E-state index in [-0.39, 0.29) is 19.2 Å². The Morgan fingerprint density at radius 2 is 1.53 bits per heavy atom. The maximum Gasteiger partial charge on any atom is 0.334 e. The van der Waals surface area contributed by atoms with Crippen LogP contribution < -0.4 is 18.9 Å². The minimum absolute atomic E-state index is 0.112. The molecule has 2 aromatic carbocycles. The van der Waals surface area contributed by atoms with Crippen LogP contribution in [0.3, 0.4) is 0 Å². The molecule has 0 unspecified atom stereocenters. The molecular weight excluding hydrogens is 392 g/mol. The number of carbonyl (C=O) groups excluding carboxylic acids is 2. The Bertz CT molecular complexity index is 1090. The van der Waals surface area contributed by atoms with Crippen molar-refractivity contribution in [1.82, 2.24) is 0 Å². The predicted molar refractivity (Wildman–Crippen MR) is 102 cm³/mol. The van der Waals surface area contributed by atoms with Crippen molar-refractivity contribution in [2.24, 2.45) is 5.92 Å². The summed E-state index contributed by atoms with van der Waals surface area (Å²) in [6.45, 7) is 0.243. The third kappa shape index (κ3) is 2.75. The monoisotopic (exact) mass is 410 g/mol. The highest BCUT2D eigenvalue weighted by atomic mass is 16.7. The molecule has 2 heterocycles. The van der Waals surface area contributed by atoms with Gasteiger partial charge < -0.3 is 28.4 Å². The van der Waals surface area contributed by atoms with Crippen LogP contribution in [0.5, 0.6) is 23.0 Å². The van der Waals surface area contributed by atoms with Gasteiger partial charge in [0.2, 0.25) is 13.6 Å². The fourth-order valence-corrected chi connectivity index (χ4v) is 4.16. The van der Waals surface area contributed by atoms with Crippen molar-refractivity contribution in [3.05, 3.63) is 52.6 Å². The molecule has 5 rings (SSSR count). The van der Waals surface area contributed by atoms with Crippen LogP contribution in [0.4, 0.5) is 0 Å². The van der Waals surface area contributed by atoms with E-state index >= 15 is 0 Å². The van der Waals surface area contributed by atoms with Crippen molar-refractivity contribution in [3.63, 3.8) is 0 Å². The Labute approximate surface area is 171 Å². The predicted octanol–water partition coefficient (Wildman–Crippen LogP) is 2.64. The molecular formula is C22H18O8. The molecule has 0 aromatic heterocycles. The van der Waals surface area contributed by atoms with E-state index in [9.17, 15) is 9.59 Å². The number of carbonyl (C=O) groups is 2. The third-order valence-corrected chi connectivity index (χ3v) is 5.52. The quantitative estimate of drug-likeness (QED) is 0.714. The first-order valence-electron chi connectivity index (χ1n) is 9.31. The maximum absolute atomic E-state index is 12.9. The van der Waals surface area contributed by atoms with Crippen molar-refractivity contribution >= 4 is 18.0 Å². The molecule has 2 aliphatic heterocycles. The average Bonchev–Trinajstić information content (AvgIpc) is 3.43. The number of benzene rings is 2. The normalized spacial score (nSPS) is 20.3. The van der Waals surface area contributed by atoms with Crippen LogP contribution >= 0.6 is 0 Å². The van der Waals surface area contributed by atoms with Gasteiger partial charge in [-0.15, -0.1) is 0 Å². The highest BCUT2D eigenvalue weighted by molar-refractivity contribution is 6.02. The Balaban J connectivity index is 1.74. The minimum atomic E-state index is -0.907. The van der Waals surface area contributed by atoms with Gasteiger partial charge in [0.25, 0.3) is 0 Å². The summed E-state index contributed by atoms with van der Waals surface area (Å²) < 4.78 is 32.0. The molecule has 0 N–H and O–H groups in total. The molecule has 0 amide bonds. The van der Waals surface area contributed by atoms with Crippen molar-refractivity contribution < 1.29 is 38.0 Å². The zero-order valence-electron chi connectivity index (χ0n) is 16.3. The summed E-state index contributed by atoms with van der Waals surface area (Å²) in [5.74, 6) is -0.220. The van der Waals surface area contributed by atoms with Crippen LogP contribution in [-0.4, -0.2) is 39.7 Å². The summed E-state index contributed by atoms with van der Waals surface area (Å²) in [5, 5.41) is 0. The molecule has 0 bridgehead atoms. The van der Waals surface area contributed by atoms with Gasteiger partial charge in [-0.2, -0.15) is 0 Å². The first-order valence-corrected chi connectivity index (χ1v) is 9.31. The number of rotatable bonds is 3. The first kappa shape index (κ1) is 18.4. The van der Waals surface area contributed by atoms with E-state index in [1.807, 2.05) is 18.2 Å². The molecule has 0 saturated heterocycles. The Hall–Kier alpha value is -3.68. The number of fused-ring (bicyclic) bond motifs is 3. The molecule has 8 heteroatoms. The van der Waals surface area contributed by atoms with Gasteiger partial charge in [-0.05, 0) is 47.0 Å². The number of hydrogen-bond acceptors (Lipinski definition) is 8. The zero-order chi connectivity index (χ0) is 20.8. The average molecular weight is 410 g/mol. The van der Waals surface area contributed by atoms with Crippen LogP contribution in [0.2, 0.25) is 0 Å². The zero-order valence-corrected chi connectivity index (χ0v) is 16.3. The molecule has 2 aromatic rings. The van der Waals surface area contributed by atoms with Gasteiger partial charge in [-0.3, -0.25) is 4.79 Å². The lowest BCUT2D eigenvalue weighted by Crippen LogP contribution is -2.32. The number of esters is 2. The van der Waals surface area contributed by atoms with E-state index in [2.05, 4.69) is 0 Å². The summed E-state index contributed by atoms with van der Waals surface area (Å²) in [5.41, 5.74) is 2.52. The van der Waals surface area contributed by atoms with E-state index < -0.39 is 23.8 Å². The van der Waals surface area contributed by atoms with E-state index in [0.29, 0.717) is 23.0 Å². The van der Waals surface area contributed by atoms with Gasteiger partial charge in [0.15, 0.2) is 23.0 Å². The molecule has 0 spiro atoms. The van der Waals surface area contributed by atoms with Gasteiger partial charge in [0.1, 0.15) is 0 Å². The van der Waals surface area contributed by atoms with Crippen LogP contribution in [0.15, 0.2) is 35.9 Å². The fraction of sp³-hybridized carbons (Fsp3) is 0.273. The van der Waals surface area contributed by atoms with E-state index in [0.717, 1.165) is 16.7 Å². The summed E-state index contributed by atoms with van der Waals surface area (Å²) >= 11 is 0. The van der Waals surface area contributed by atoms with Gasteiger partial charge in [-0.1, -0.05) is 6.07 Å². The standard InChI is InChI=1S/C22H18O8/c1-25-21(23)14-5-12-7-17-18(30-10-29-17)8-13(12)19(20(14)22(24)26-2)11-3-4-15-16(6-11)28-9-27-15/h3-8,19-20H,9-10H2,1-2H3/t19-,20-/m1/s1. The molecule has 0 radical (unpaired) electrons. The van der Waals surface area contributed by atoms with Gasteiger partial charge >= 0.3 is 11.9 Å². The molecule has 1 aliphatic carbocycles. The SMILES string of the molecule is COC(=O)C1=Cc2cc3c(cc2[C@@H](c2ccc4c(c2)OCO4)[C@@H]1C(=O)OC)OCO3. The van der Waals surface area contributed by atoms with Crippen LogP contribution in [0, 0.1) is 5.92 Å². The third-order valence-electron chi connectivity index (χ3n) is 5.52. The minimum Gasteiger partial charge on any atom is -0.469 e. The summed E-state index contributed by atoms with van der Waals surface area (Å²) in [6.07, 6.45) is 1.65. The molecule has 30 heavy (non-hydrogen) atoms. The fourth-order valence-electron chi connectivity index (χ4n) is 4.16. The van der Waals surface area contributed by atoms with E-state index in [4.69, 9.17) is 28.4 Å². The van der Waals surface area contributed by atoms with E-state index in [1.165, 1.54) is 14.2 Å². The van der Waals surface area contributed by atoms with Crippen LogP contribution in [0.25, 0.3) is 6.08 Å². The lowest BCUT2D eigenvalue weighted by atomic mass is 9.71. The van der Waals surface area contributed by atoms with Crippen molar-refractivity contribution in [1.29, 1.82) is 0 Å². The number of hydrogen-bond donors (Lipinski definition) is 0. The number of methoxy groups -OCH3 is 2. The second-order valence-corrected chi connectivity index (χ2v) is 7.02. The second kappa shape index (κ2) is 6.98. The molecule has 8 nitrogen and oxygen atoms in total. The van der Waals surface area contributed by atoms with Crippen molar-refractivity contribution in [2.75, 3.05) is 27.8 Å². The summed E-state index contributed by atoms with van der Waals surface area (Å²) in [7, 11) is 2.57. The Morgan fingerprint density at radius 3 is 2.23 bits per heavy atom. The Morgan fingerprint density at radius 1 is 0.867 bits per heavy atom. The maximum atomic E-state index is 12.9. The summed E-state index contributed by atoms with van der Waals surface area (Å²) in [6, 6.07) is 9.09. The lowest BCUT2D eigenvalue weighted by Gasteiger charge is -2.32. The molecule has 154 valence electrons. The molecule has 3 aliphatic rings. The van der Waals surface area contributed by atoms with Gasteiger partial charge in [0, 0.05) is 5.92 Å². The van der Waals surface area contributed by atoms with E-state index in [1.54, 1.807) is 18.2 Å². The van der Waals surface area contributed by atoms with Crippen molar-refractivity contribution in [3.8, 4) is 23.0 Å². The lowest BCUT2D eigenvalue weighted by molar-refractivity contribution is -0.147. The topological polar surface area (TPSA) is 89.5 Å². The Kier molecular flexibility index (Phi) is 4.27. The van der Waals surface area contributed by atoms with Crippen molar-refractivity contribution in [2.45, 2.75) is 5.92 Å². The largest absolute Gasteiger partial charge is 0.469 e. The van der Waals surface area contributed by atoms with Crippen LogP contribution in [0.1, 0.15) is 22.6 Å². The molecule has 0 fully saturated rings. The van der Waals surface area contributed by atoms with Gasteiger partial charge in [-0.25, -0.2) is 4.79 Å².